The van der Waals surface area contributed by atoms with E-state index in [-0.39, 0.29) is 6.29 Å². The van der Waals surface area contributed by atoms with Crippen molar-refractivity contribution in [3.05, 3.63) is 72.8 Å². The summed E-state index contributed by atoms with van der Waals surface area (Å²) in [5.74, 6) is 0.852. The van der Waals surface area contributed by atoms with E-state index in [1.165, 1.54) is 0 Å². The number of rotatable bonds is 7. The highest BCUT2D eigenvalue weighted by atomic mass is 16.5. The Morgan fingerprint density at radius 1 is 0.750 bits per heavy atom. The second-order valence-electron chi connectivity index (χ2n) is 5.89. The lowest BCUT2D eigenvalue weighted by Crippen LogP contribution is -2.13. The van der Waals surface area contributed by atoms with Crippen LogP contribution in [0.4, 0.5) is 22.7 Å². The van der Waals surface area contributed by atoms with E-state index >= 15 is 0 Å². The van der Waals surface area contributed by atoms with E-state index in [1.807, 2.05) is 60.7 Å². The molecule has 0 saturated carbocycles. The number of hydrogen-bond donors (Lipinski definition) is 1. The van der Waals surface area contributed by atoms with Gasteiger partial charge < -0.3 is 19.7 Å². The van der Waals surface area contributed by atoms with Crippen molar-refractivity contribution in [3.8, 4) is 11.5 Å². The van der Waals surface area contributed by atoms with Crippen molar-refractivity contribution in [2.24, 2.45) is 0 Å². The van der Waals surface area contributed by atoms with Crippen LogP contribution in [-0.4, -0.2) is 26.4 Å². The van der Waals surface area contributed by atoms with Gasteiger partial charge in [0.1, 0.15) is 11.5 Å². The van der Waals surface area contributed by atoms with Crippen molar-refractivity contribution in [1.29, 1.82) is 0 Å². The minimum absolute atomic E-state index is 0.245. The molecule has 0 radical (unpaired) electrons. The average molecular weight is 376 g/mol. The van der Waals surface area contributed by atoms with E-state index in [4.69, 9.17) is 9.47 Å². The van der Waals surface area contributed by atoms with Gasteiger partial charge in [0.25, 0.3) is 5.91 Å². The largest absolute Gasteiger partial charge is 0.497 e. The predicted octanol–water partition coefficient (Wildman–Crippen LogP) is 4.31. The summed E-state index contributed by atoms with van der Waals surface area (Å²) in [4.78, 5) is 23.8. The minimum Gasteiger partial charge on any atom is -0.497 e. The number of methoxy groups -OCH3 is 2. The van der Waals surface area contributed by atoms with Crippen LogP contribution in [0.15, 0.2) is 72.8 Å². The van der Waals surface area contributed by atoms with Gasteiger partial charge in [-0.2, -0.15) is 0 Å². The SMILES string of the molecule is COc1ccc(N(c2ccc(NC(=O)C=O)cc2)c2ccc(OC)cc2)cc1. The molecule has 28 heavy (non-hydrogen) atoms. The van der Waals surface area contributed by atoms with Gasteiger partial charge in [0.2, 0.25) is 6.29 Å². The first kappa shape index (κ1) is 19.0. The number of aldehydes is 1. The highest BCUT2D eigenvalue weighted by Gasteiger charge is 2.13. The van der Waals surface area contributed by atoms with Gasteiger partial charge in [-0.1, -0.05) is 0 Å². The van der Waals surface area contributed by atoms with Gasteiger partial charge in [0.15, 0.2) is 0 Å². The summed E-state index contributed by atoms with van der Waals surface area (Å²) >= 11 is 0. The summed E-state index contributed by atoms with van der Waals surface area (Å²) in [6.45, 7) is 0. The molecule has 1 amide bonds. The average Bonchev–Trinajstić information content (AvgIpc) is 2.76. The van der Waals surface area contributed by atoms with Crippen LogP contribution in [0, 0.1) is 0 Å². The van der Waals surface area contributed by atoms with Crippen molar-refractivity contribution in [1.82, 2.24) is 0 Å². The van der Waals surface area contributed by atoms with Gasteiger partial charge >= 0.3 is 0 Å². The molecule has 6 nitrogen and oxygen atoms in total. The smallest absolute Gasteiger partial charge is 0.288 e. The van der Waals surface area contributed by atoms with Crippen LogP contribution in [0.25, 0.3) is 0 Å². The quantitative estimate of drug-likeness (QED) is 0.492. The van der Waals surface area contributed by atoms with Crippen LogP contribution in [0.1, 0.15) is 0 Å². The zero-order valence-electron chi connectivity index (χ0n) is 15.6. The number of carbonyl (C=O) groups is 2. The van der Waals surface area contributed by atoms with Gasteiger partial charge in [0.05, 0.1) is 14.2 Å². The lowest BCUT2D eigenvalue weighted by Gasteiger charge is -2.26. The summed E-state index contributed by atoms with van der Waals surface area (Å²) in [5.41, 5.74) is 3.32. The van der Waals surface area contributed by atoms with E-state index in [9.17, 15) is 9.59 Å². The van der Waals surface area contributed by atoms with Crippen LogP contribution in [0.2, 0.25) is 0 Å². The molecule has 3 aromatic carbocycles. The van der Waals surface area contributed by atoms with E-state index in [0.717, 1.165) is 28.6 Å². The Kier molecular flexibility index (Phi) is 5.91. The van der Waals surface area contributed by atoms with E-state index < -0.39 is 5.91 Å². The standard InChI is InChI=1S/C22H20N2O4/c1-27-20-11-7-18(8-12-20)24(19-9-13-21(28-2)14-10-19)17-5-3-16(4-6-17)23-22(26)15-25/h3-15H,1-2H3,(H,23,26). The Balaban J connectivity index is 1.99. The molecule has 142 valence electrons. The number of nitrogens with one attached hydrogen (secondary N) is 1. The molecule has 0 aliphatic rings. The summed E-state index contributed by atoms with van der Waals surface area (Å²) in [7, 11) is 3.26. The maximum Gasteiger partial charge on any atom is 0.288 e. The second-order valence-corrected chi connectivity index (χ2v) is 5.89. The van der Waals surface area contributed by atoms with Gasteiger partial charge in [0, 0.05) is 22.7 Å². The van der Waals surface area contributed by atoms with Crippen molar-refractivity contribution in [2.75, 3.05) is 24.4 Å². The van der Waals surface area contributed by atoms with Crippen LogP contribution < -0.4 is 19.7 Å². The molecule has 0 aromatic heterocycles. The molecule has 0 bridgehead atoms. The molecule has 1 N–H and O–H groups in total. The van der Waals surface area contributed by atoms with E-state index in [1.54, 1.807) is 26.4 Å². The maximum atomic E-state index is 11.3. The molecular formula is C22H20N2O4. The predicted molar refractivity (Wildman–Crippen MR) is 109 cm³/mol. The molecule has 6 heteroatoms. The Morgan fingerprint density at radius 3 is 1.50 bits per heavy atom. The van der Waals surface area contributed by atoms with Gasteiger partial charge in [-0.25, -0.2) is 0 Å². The first-order chi connectivity index (χ1) is 13.6. The highest BCUT2D eigenvalue weighted by molar-refractivity contribution is 6.29. The molecule has 0 heterocycles. The number of benzene rings is 3. The zero-order chi connectivity index (χ0) is 19.9. The molecule has 0 fully saturated rings. The molecule has 0 aliphatic heterocycles. The summed E-state index contributed by atoms with van der Waals surface area (Å²) in [6.07, 6.45) is 0.245. The van der Waals surface area contributed by atoms with Crippen molar-refractivity contribution < 1.29 is 19.1 Å². The van der Waals surface area contributed by atoms with E-state index in [2.05, 4.69) is 10.2 Å². The topological polar surface area (TPSA) is 67.9 Å². The Bertz CT molecular complexity index is 888. The molecule has 0 atom stereocenters. The fourth-order valence-electron chi connectivity index (χ4n) is 2.78. The Morgan fingerprint density at radius 2 is 1.14 bits per heavy atom. The third kappa shape index (κ3) is 4.29. The van der Waals surface area contributed by atoms with Crippen molar-refractivity contribution >= 4 is 34.9 Å². The lowest BCUT2D eigenvalue weighted by molar-refractivity contribution is -0.127. The molecule has 3 aromatic rings. The molecule has 0 spiro atoms. The number of nitrogens with zero attached hydrogens (tertiary/aromatic N) is 1. The monoisotopic (exact) mass is 376 g/mol. The number of anilines is 4. The molecule has 0 aliphatic carbocycles. The molecule has 3 rings (SSSR count). The Hall–Kier alpha value is -3.80. The number of carbonyl (C=O) groups excluding carboxylic acids is 2. The van der Waals surface area contributed by atoms with Crippen LogP contribution in [-0.2, 0) is 9.59 Å². The number of amides is 1. The Labute approximate surface area is 163 Å². The zero-order valence-corrected chi connectivity index (χ0v) is 15.6. The summed E-state index contributed by atoms with van der Waals surface area (Å²) < 4.78 is 10.5. The summed E-state index contributed by atoms with van der Waals surface area (Å²) in [5, 5.41) is 2.51. The fourth-order valence-corrected chi connectivity index (χ4v) is 2.78. The summed E-state index contributed by atoms with van der Waals surface area (Å²) in [6, 6.07) is 22.7. The van der Waals surface area contributed by atoms with Gasteiger partial charge in [-0.15, -0.1) is 0 Å². The highest BCUT2D eigenvalue weighted by Crippen LogP contribution is 2.36. The normalized spacial score (nSPS) is 10.1. The van der Waals surface area contributed by atoms with Crippen molar-refractivity contribution in [3.63, 3.8) is 0 Å². The van der Waals surface area contributed by atoms with Gasteiger partial charge in [-0.05, 0) is 72.8 Å². The maximum absolute atomic E-state index is 11.3. The number of hydrogen-bond acceptors (Lipinski definition) is 5. The van der Waals surface area contributed by atoms with Crippen LogP contribution in [0.5, 0.6) is 11.5 Å². The molecule has 0 unspecified atom stereocenters. The van der Waals surface area contributed by atoms with Crippen molar-refractivity contribution in [2.45, 2.75) is 0 Å². The van der Waals surface area contributed by atoms with Crippen LogP contribution in [0.3, 0.4) is 0 Å². The second kappa shape index (κ2) is 8.73. The third-order valence-electron chi connectivity index (χ3n) is 4.16. The van der Waals surface area contributed by atoms with E-state index in [0.29, 0.717) is 5.69 Å². The molecule has 0 saturated heterocycles. The molecular weight excluding hydrogens is 356 g/mol. The first-order valence-electron chi connectivity index (χ1n) is 8.59. The first-order valence-corrected chi connectivity index (χ1v) is 8.59. The lowest BCUT2D eigenvalue weighted by atomic mass is 10.1. The fraction of sp³-hybridized carbons (Fsp3) is 0.0909. The van der Waals surface area contributed by atoms with Crippen LogP contribution >= 0.6 is 0 Å². The number of ether oxygens (including phenoxy) is 2. The third-order valence-corrected chi connectivity index (χ3v) is 4.16. The van der Waals surface area contributed by atoms with Gasteiger partial charge in [-0.3, -0.25) is 9.59 Å². The minimum atomic E-state index is -0.685.